The normalized spacial score (nSPS) is 15.1. The largest absolute Gasteiger partial charge is 0.434 e. The minimum Gasteiger partial charge on any atom is -0.367 e. The van der Waals surface area contributed by atoms with Crippen LogP contribution in [0.1, 0.15) is 5.69 Å². The van der Waals surface area contributed by atoms with Gasteiger partial charge in [0.05, 0.1) is 11.2 Å². The van der Waals surface area contributed by atoms with Gasteiger partial charge in [0.15, 0.2) is 5.69 Å². The lowest BCUT2D eigenvalue weighted by molar-refractivity contribution is -0.139. The standard InChI is InChI=1S/C19H17F4N5/c20-14-11-12(5-6-16(14)28-9-7-24-8-10-28)25-18-26-15-4-2-1-3-13(15)17(27-18)19(21,22)23/h1-6,11,24H,7-10H2,(H,25,26,27). The summed E-state index contributed by atoms with van der Waals surface area (Å²) in [5.41, 5.74) is -0.133. The molecule has 1 fully saturated rings. The van der Waals surface area contributed by atoms with Crippen molar-refractivity contribution in [1.29, 1.82) is 0 Å². The van der Waals surface area contributed by atoms with Crippen LogP contribution in [0.2, 0.25) is 0 Å². The van der Waals surface area contributed by atoms with Gasteiger partial charge in [0.25, 0.3) is 0 Å². The van der Waals surface area contributed by atoms with Gasteiger partial charge in [-0.05, 0) is 24.3 Å². The maximum absolute atomic E-state index is 14.5. The van der Waals surface area contributed by atoms with Gasteiger partial charge in [-0.15, -0.1) is 0 Å². The van der Waals surface area contributed by atoms with Crippen molar-refractivity contribution in [3.63, 3.8) is 0 Å². The van der Waals surface area contributed by atoms with Crippen LogP contribution in [0.5, 0.6) is 0 Å². The number of hydrogen-bond acceptors (Lipinski definition) is 5. The topological polar surface area (TPSA) is 53.1 Å². The number of nitrogens with one attached hydrogen (secondary N) is 2. The summed E-state index contributed by atoms with van der Waals surface area (Å²) < 4.78 is 54.6. The monoisotopic (exact) mass is 391 g/mol. The molecule has 2 heterocycles. The predicted molar refractivity (Wildman–Crippen MR) is 99.3 cm³/mol. The van der Waals surface area contributed by atoms with E-state index in [9.17, 15) is 17.6 Å². The number of alkyl halides is 3. The van der Waals surface area contributed by atoms with Gasteiger partial charge in [-0.3, -0.25) is 0 Å². The first-order valence-electron chi connectivity index (χ1n) is 8.78. The van der Waals surface area contributed by atoms with Crippen LogP contribution in [-0.2, 0) is 6.18 Å². The van der Waals surface area contributed by atoms with Gasteiger partial charge in [-0.1, -0.05) is 18.2 Å². The number of para-hydroxylation sites is 1. The van der Waals surface area contributed by atoms with E-state index < -0.39 is 17.7 Å². The molecule has 9 heteroatoms. The highest BCUT2D eigenvalue weighted by Crippen LogP contribution is 2.34. The molecule has 1 aliphatic heterocycles. The number of hydrogen-bond donors (Lipinski definition) is 2. The fraction of sp³-hybridized carbons (Fsp3) is 0.263. The van der Waals surface area contributed by atoms with Crippen LogP contribution in [-0.4, -0.2) is 36.1 Å². The molecule has 0 unspecified atom stereocenters. The zero-order valence-electron chi connectivity index (χ0n) is 14.7. The van der Waals surface area contributed by atoms with Crippen molar-refractivity contribution in [2.75, 3.05) is 36.4 Å². The van der Waals surface area contributed by atoms with Crippen molar-refractivity contribution in [3.05, 3.63) is 54.0 Å². The number of nitrogens with zero attached hydrogens (tertiary/aromatic N) is 3. The summed E-state index contributed by atoms with van der Waals surface area (Å²) in [7, 11) is 0. The summed E-state index contributed by atoms with van der Waals surface area (Å²) in [6, 6.07) is 10.3. The highest BCUT2D eigenvalue weighted by molar-refractivity contribution is 5.82. The number of aromatic nitrogens is 2. The highest BCUT2D eigenvalue weighted by Gasteiger charge is 2.35. The summed E-state index contributed by atoms with van der Waals surface area (Å²) in [4.78, 5) is 9.66. The average Bonchev–Trinajstić information content (AvgIpc) is 2.67. The molecule has 3 aromatic rings. The molecule has 0 aliphatic carbocycles. The molecule has 0 bridgehead atoms. The molecule has 0 amide bonds. The lowest BCUT2D eigenvalue weighted by Crippen LogP contribution is -2.43. The quantitative estimate of drug-likeness (QED) is 0.663. The van der Waals surface area contributed by atoms with Crippen LogP contribution in [0.25, 0.3) is 10.9 Å². The van der Waals surface area contributed by atoms with Crippen molar-refractivity contribution in [2.24, 2.45) is 0 Å². The van der Waals surface area contributed by atoms with Gasteiger partial charge >= 0.3 is 6.18 Å². The first kappa shape index (κ1) is 18.4. The van der Waals surface area contributed by atoms with E-state index in [0.717, 1.165) is 13.1 Å². The Morgan fingerprint density at radius 2 is 1.75 bits per heavy atom. The molecular weight excluding hydrogens is 374 g/mol. The second-order valence-corrected chi connectivity index (χ2v) is 6.44. The molecule has 1 aliphatic rings. The zero-order valence-corrected chi connectivity index (χ0v) is 14.7. The third kappa shape index (κ3) is 3.70. The fourth-order valence-electron chi connectivity index (χ4n) is 3.22. The predicted octanol–water partition coefficient (Wildman–Crippen LogP) is 3.94. The first-order valence-corrected chi connectivity index (χ1v) is 8.78. The number of rotatable bonds is 3. The molecule has 0 spiro atoms. The number of benzene rings is 2. The smallest absolute Gasteiger partial charge is 0.367 e. The van der Waals surface area contributed by atoms with Crippen molar-refractivity contribution >= 4 is 28.2 Å². The molecule has 146 valence electrons. The zero-order chi connectivity index (χ0) is 19.7. The van der Waals surface area contributed by atoms with Crippen LogP contribution >= 0.6 is 0 Å². The van der Waals surface area contributed by atoms with Crippen molar-refractivity contribution < 1.29 is 17.6 Å². The van der Waals surface area contributed by atoms with E-state index in [1.54, 1.807) is 18.2 Å². The van der Waals surface area contributed by atoms with Crippen LogP contribution in [0.15, 0.2) is 42.5 Å². The van der Waals surface area contributed by atoms with E-state index in [-0.39, 0.29) is 22.5 Å². The minimum atomic E-state index is -4.63. The van der Waals surface area contributed by atoms with Gasteiger partial charge in [0.2, 0.25) is 5.95 Å². The molecule has 2 aromatic carbocycles. The van der Waals surface area contributed by atoms with Gasteiger partial charge in [-0.2, -0.15) is 13.2 Å². The molecule has 0 atom stereocenters. The number of fused-ring (bicyclic) bond motifs is 1. The summed E-state index contributed by atoms with van der Waals surface area (Å²) >= 11 is 0. The Morgan fingerprint density at radius 1 is 1.00 bits per heavy atom. The second kappa shape index (κ2) is 7.23. The second-order valence-electron chi connectivity index (χ2n) is 6.44. The van der Waals surface area contributed by atoms with Gasteiger partial charge in [-0.25, -0.2) is 14.4 Å². The van der Waals surface area contributed by atoms with Gasteiger partial charge in [0.1, 0.15) is 5.82 Å². The Morgan fingerprint density at radius 3 is 2.46 bits per heavy atom. The Kier molecular flexibility index (Phi) is 4.76. The Balaban J connectivity index is 1.65. The van der Waals surface area contributed by atoms with E-state index in [2.05, 4.69) is 20.6 Å². The summed E-state index contributed by atoms with van der Waals surface area (Å²) in [5.74, 6) is -0.691. The van der Waals surface area contributed by atoms with E-state index in [0.29, 0.717) is 18.8 Å². The van der Waals surface area contributed by atoms with E-state index in [4.69, 9.17) is 0 Å². The van der Waals surface area contributed by atoms with E-state index in [1.165, 1.54) is 24.3 Å². The first-order chi connectivity index (χ1) is 13.4. The summed E-state index contributed by atoms with van der Waals surface area (Å²) in [6.07, 6.45) is -4.63. The van der Waals surface area contributed by atoms with Crippen LogP contribution < -0.4 is 15.5 Å². The van der Waals surface area contributed by atoms with Crippen LogP contribution in [0, 0.1) is 5.82 Å². The van der Waals surface area contributed by atoms with E-state index >= 15 is 0 Å². The summed E-state index contributed by atoms with van der Waals surface area (Å²) in [6.45, 7) is 2.91. The lowest BCUT2D eigenvalue weighted by Gasteiger charge is -2.29. The Labute approximate surface area is 158 Å². The minimum absolute atomic E-state index is 0.0826. The molecule has 28 heavy (non-hydrogen) atoms. The fourth-order valence-corrected chi connectivity index (χ4v) is 3.22. The molecule has 5 nitrogen and oxygen atoms in total. The van der Waals surface area contributed by atoms with Gasteiger partial charge in [0, 0.05) is 37.3 Å². The third-order valence-corrected chi connectivity index (χ3v) is 4.53. The van der Waals surface area contributed by atoms with Crippen LogP contribution in [0.3, 0.4) is 0 Å². The summed E-state index contributed by atoms with van der Waals surface area (Å²) in [5, 5.41) is 5.80. The maximum atomic E-state index is 14.5. The van der Waals surface area contributed by atoms with Crippen LogP contribution in [0.4, 0.5) is 34.9 Å². The van der Waals surface area contributed by atoms with E-state index in [1.807, 2.05) is 4.90 Å². The third-order valence-electron chi connectivity index (χ3n) is 4.53. The molecule has 1 aromatic heterocycles. The molecule has 0 saturated carbocycles. The molecule has 1 saturated heterocycles. The molecular formula is C19H17F4N5. The number of halogens is 4. The molecule has 2 N–H and O–H groups in total. The molecule has 4 rings (SSSR count). The Bertz CT molecular complexity index is 999. The van der Waals surface area contributed by atoms with Gasteiger partial charge < -0.3 is 15.5 Å². The number of piperazine rings is 1. The highest BCUT2D eigenvalue weighted by atomic mass is 19.4. The number of anilines is 3. The van der Waals surface area contributed by atoms with Crippen molar-refractivity contribution in [2.45, 2.75) is 6.18 Å². The lowest BCUT2D eigenvalue weighted by atomic mass is 10.2. The van der Waals surface area contributed by atoms with Crippen molar-refractivity contribution in [1.82, 2.24) is 15.3 Å². The SMILES string of the molecule is Fc1cc(Nc2nc(C(F)(F)F)c3ccccc3n2)ccc1N1CCNCC1. The molecule has 0 radical (unpaired) electrons. The maximum Gasteiger partial charge on any atom is 0.434 e. The van der Waals surface area contributed by atoms with Crippen molar-refractivity contribution in [3.8, 4) is 0 Å². The Hall–Kier alpha value is -2.94. The average molecular weight is 391 g/mol.